The van der Waals surface area contributed by atoms with Gasteiger partial charge < -0.3 is 10.6 Å². The molecule has 104 valence electrons. The number of hydrogen-bond donors (Lipinski definition) is 2. The lowest BCUT2D eigenvalue weighted by atomic mass is 10.1. The zero-order chi connectivity index (χ0) is 14.2. The molecule has 2 N–H and O–H groups in total. The van der Waals surface area contributed by atoms with E-state index >= 15 is 0 Å². The maximum absolute atomic E-state index is 11.7. The number of benzene rings is 2. The van der Waals surface area contributed by atoms with E-state index in [1.54, 1.807) is 0 Å². The van der Waals surface area contributed by atoms with Gasteiger partial charge in [0.2, 0.25) is 5.91 Å². The minimum absolute atomic E-state index is 0.0161. The number of carbonyl (C=O) groups excluding carboxylic acids is 1. The van der Waals surface area contributed by atoms with Crippen molar-refractivity contribution in [2.75, 3.05) is 6.54 Å². The van der Waals surface area contributed by atoms with Crippen LogP contribution in [-0.2, 0) is 17.9 Å². The molecule has 20 heavy (non-hydrogen) atoms. The van der Waals surface area contributed by atoms with Crippen LogP contribution in [0.1, 0.15) is 16.7 Å². The highest BCUT2D eigenvalue weighted by Crippen LogP contribution is 2.03. The number of aryl methyl sites for hydroxylation is 1. The number of hydrogen-bond acceptors (Lipinski definition) is 2. The summed E-state index contributed by atoms with van der Waals surface area (Å²) in [5.41, 5.74) is 3.51. The van der Waals surface area contributed by atoms with Crippen LogP contribution in [0.3, 0.4) is 0 Å². The summed E-state index contributed by atoms with van der Waals surface area (Å²) in [5, 5.41) is 6.05. The van der Waals surface area contributed by atoms with Gasteiger partial charge in [-0.15, -0.1) is 0 Å². The Morgan fingerprint density at radius 2 is 1.70 bits per heavy atom. The van der Waals surface area contributed by atoms with Crippen LogP contribution in [0, 0.1) is 6.92 Å². The first-order valence-electron chi connectivity index (χ1n) is 6.81. The second-order valence-electron chi connectivity index (χ2n) is 4.85. The molecule has 2 aromatic rings. The SMILES string of the molecule is Cc1cccc(CNC(=O)CNCc2ccccc2)c1. The third kappa shape index (κ3) is 4.86. The predicted molar refractivity (Wildman–Crippen MR) is 81.2 cm³/mol. The van der Waals surface area contributed by atoms with Crippen molar-refractivity contribution in [1.29, 1.82) is 0 Å². The van der Waals surface area contributed by atoms with Crippen molar-refractivity contribution in [3.8, 4) is 0 Å². The molecule has 3 nitrogen and oxygen atoms in total. The fourth-order valence-electron chi connectivity index (χ4n) is 2.00. The lowest BCUT2D eigenvalue weighted by Crippen LogP contribution is -2.33. The molecule has 0 unspecified atom stereocenters. The predicted octanol–water partition coefficient (Wildman–Crippen LogP) is 2.40. The van der Waals surface area contributed by atoms with Gasteiger partial charge in [-0.25, -0.2) is 0 Å². The number of carbonyl (C=O) groups is 1. The molecule has 0 fully saturated rings. The van der Waals surface area contributed by atoms with Crippen molar-refractivity contribution in [3.05, 3.63) is 71.3 Å². The summed E-state index contributed by atoms with van der Waals surface area (Å²) in [4.78, 5) is 11.7. The Bertz CT molecular complexity index is 552. The summed E-state index contributed by atoms with van der Waals surface area (Å²) in [7, 11) is 0. The average Bonchev–Trinajstić information content (AvgIpc) is 2.46. The minimum Gasteiger partial charge on any atom is -0.351 e. The van der Waals surface area contributed by atoms with Gasteiger partial charge >= 0.3 is 0 Å². The molecule has 0 spiro atoms. The first kappa shape index (κ1) is 14.3. The number of nitrogens with one attached hydrogen (secondary N) is 2. The van der Waals surface area contributed by atoms with Crippen molar-refractivity contribution in [2.45, 2.75) is 20.0 Å². The lowest BCUT2D eigenvalue weighted by Gasteiger charge is -2.07. The molecule has 1 amide bonds. The summed E-state index contributed by atoms with van der Waals surface area (Å²) in [6.07, 6.45) is 0. The van der Waals surface area contributed by atoms with E-state index in [2.05, 4.69) is 16.7 Å². The maximum atomic E-state index is 11.7. The molecule has 0 saturated carbocycles. The molecule has 2 rings (SSSR count). The van der Waals surface area contributed by atoms with E-state index in [1.807, 2.05) is 55.5 Å². The Morgan fingerprint density at radius 3 is 2.45 bits per heavy atom. The normalized spacial score (nSPS) is 10.2. The molecule has 0 aliphatic carbocycles. The van der Waals surface area contributed by atoms with Crippen molar-refractivity contribution >= 4 is 5.91 Å². The highest BCUT2D eigenvalue weighted by Gasteiger charge is 2.01. The Balaban J connectivity index is 1.68. The van der Waals surface area contributed by atoms with E-state index in [0.29, 0.717) is 19.6 Å². The number of amides is 1. The van der Waals surface area contributed by atoms with Gasteiger partial charge in [0.25, 0.3) is 0 Å². The van der Waals surface area contributed by atoms with Crippen molar-refractivity contribution < 1.29 is 4.79 Å². The zero-order valence-corrected chi connectivity index (χ0v) is 11.7. The standard InChI is InChI=1S/C17H20N2O/c1-14-6-5-9-16(10-14)12-19-17(20)13-18-11-15-7-3-2-4-8-15/h2-10,18H,11-13H2,1H3,(H,19,20). The minimum atomic E-state index is 0.0161. The van der Waals surface area contributed by atoms with Gasteiger partial charge in [0, 0.05) is 13.1 Å². The van der Waals surface area contributed by atoms with Crippen LogP contribution in [0.25, 0.3) is 0 Å². The van der Waals surface area contributed by atoms with Gasteiger partial charge in [-0.1, -0.05) is 60.2 Å². The first-order chi connectivity index (χ1) is 9.74. The lowest BCUT2D eigenvalue weighted by molar-refractivity contribution is -0.120. The molecule has 2 aromatic carbocycles. The fourth-order valence-corrected chi connectivity index (χ4v) is 2.00. The van der Waals surface area contributed by atoms with Gasteiger partial charge in [-0.3, -0.25) is 4.79 Å². The summed E-state index contributed by atoms with van der Waals surface area (Å²) >= 11 is 0. The van der Waals surface area contributed by atoms with Crippen LogP contribution in [0.5, 0.6) is 0 Å². The van der Waals surface area contributed by atoms with Gasteiger partial charge in [0.05, 0.1) is 6.54 Å². The van der Waals surface area contributed by atoms with E-state index in [0.717, 1.165) is 5.56 Å². The smallest absolute Gasteiger partial charge is 0.234 e. The Hall–Kier alpha value is -2.13. The summed E-state index contributed by atoms with van der Waals surface area (Å²) in [6, 6.07) is 18.2. The second kappa shape index (κ2) is 7.46. The summed E-state index contributed by atoms with van der Waals surface area (Å²) in [6.45, 7) is 3.67. The number of rotatable bonds is 6. The van der Waals surface area contributed by atoms with Crippen LogP contribution < -0.4 is 10.6 Å². The third-order valence-corrected chi connectivity index (χ3v) is 3.03. The second-order valence-corrected chi connectivity index (χ2v) is 4.85. The van der Waals surface area contributed by atoms with Gasteiger partial charge in [0.15, 0.2) is 0 Å². The van der Waals surface area contributed by atoms with Crippen LogP contribution >= 0.6 is 0 Å². The summed E-state index contributed by atoms with van der Waals surface area (Å²) < 4.78 is 0. The zero-order valence-electron chi connectivity index (χ0n) is 11.7. The summed E-state index contributed by atoms with van der Waals surface area (Å²) in [5.74, 6) is 0.0161. The fraction of sp³-hybridized carbons (Fsp3) is 0.235. The molecule has 0 bridgehead atoms. The van der Waals surface area contributed by atoms with E-state index in [-0.39, 0.29) is 5.91 Å². The van der Waals surface area contributed by atoms with Crippen molar-refractivity contribution in [1.82, 2.24) is 10.6 Å². The highest BCUT2D eigenvalue weighted by atomic mass is 16.1. The van der Waals surface area contributed by atoms with E-state index in [9.17, 15) is 4.79 Å². The molecule has 3 heteroatoms. The van der Waals surface area contributed by atoms with Crippen LogP contribution in [0.4, 0.5) is 0 Å². The Kier molecular flexibility index (Phi) is 5.33. The highest BCUT2D eigenvalue weighted by molar-refractivity contribution is 5.77. The molecular formula is C17H20N2O. The molecular weight excluding hydrogens is 248 g/mol. The Labute approximate surface area is 120 Å². The molecule has 0 saturated heterocycles. The van der Waals surface area contributed by atoms with E-state index in [4.69, 9.17) is 0 Å². The van der Waals surface area contributed by atoms with E-state index in [1.165, 1.54) is 11.1 Å². The van der Waals surface area contributed by atoms with Crippen LogP contribution in [0.15, 0.2) is 54.6 Å². The van der Waals surface area contributed by atoms with Crippen molar-refractivity contribution in [2.24, 2.45) is 0 Å². The van der Waals surface area contributed by atoms with Gasteiger partial charge in [-0.05, 0) is 18.1 Å². The average molecular weight is 268 g/mol. The quantitative estimate of drug-likeness (QED) is 0.844. The molecule has 0 atom stereocenters. The largest absolute Gasteiger partial charge is 0.351 e. The molecule has 0 radical (unpaired) electrons. The van der Waals surface area contributed by atoms with Gasteiger partial charge in [-0.2, -0.15) is 0 Å². The topological polar surface area (TPSA) is 41.1 Å². The molecule has 0 aromatic heterocycles. The molecule has 0 heterocycles. The van der Waals surface area contributed by atoms with Crippen LogP contribution in [0.2, 0.25) is 0 Å². The maximum Gasteiger partial charge on any atom is 0.234 e. The molecule has 0 aliphatic rings. The van der Waals surface area contributed by atoms with Gasteiger partial charge in [0.1, 0.15) is 0 Å². The van der Waals surface area contributed by atoms with E-state index < -0.39 is 0 Å². The monoisotopic (exact) mass is 268 g/mol. The van der Waals surface area contributed by atoms with Crippen molar-refractivity contribution in [3.63, 3.8) is 0 Å². The van der Waals surface area contributed by atoms with Crippen LogP contribution in [-0.4, -0.2) is 12.5 Å². The Morgan fingerprint density at radius 1 is 0.950 bits per heavy atom. The third-order valence-electron chi connectivity index (χ3n) is 3.03. The molecule has 0 aliphatic heterocycles. The first-order valence-corrected chi connectivity index (χ1v) is 6.81.